The summed E-state index contributed by atoms with van der Waals surface area (Å²) in [7, 11) is 1.87. The lowest BCUT2D eigenvalue weighted by Crippen LogP contribution is -2.24. The summed E-state index contributed by atoms with van der Waals surface area (Å²) in [6.45, 7) is 4.34. The highest BCUT2D eigenvalue weighted by atomic mass is 16.5. The topological polar surface area (TPSA) is 111 Å². The quantitative estimate of drug-likeness (QED) is 0.671. The number of hydrogen-bond acceptors (Lipinski definition) is 7. The predicted molar refractivity (Wildman–Crippen MR) is 88.1 cm³/mol. The van der Waals surface area contributed by atoms with Crippen LogP contribution in [0.5, 0.6) is 5.75 Å². The number of aliphatic hydroxyl groups is 1. The van der Waals surface area contributed by atoms with Gasteiger partial charge >= 0.3 is 0 Å². The molecule has 0 saturated heterocycles. The third kappa shape index (κ3) is 4.56. The molecule has 0 aliphatic carbocycles. The van der Waals surface area contributed by atoms with Crippen LogP contribution in [0.4, 0.5) is 11.8 Å². The van der Waals surface area contributed by atoms with Crippen LogP contribution in [-0.2, 0) is 13.7 Å². The molecule has 126 valence electrons. The van der Waals surface area contributed by atoms with E-state index in [-0.39, 0.29) is 18.6 Å². The first-order chi connectivity index (χ1) is 11.0. The molecule has 2 heterocycles. The smallest absolute Gasteiger partial charge is 0.222 e. The van der Waals surface area contributed by atoms with Crippen LogP contribution in [0.15, 0.2) is 12.3 Å². The number of hydrogen-bond donors (Lipinski definition) is 3. The molecule has 23 heavy (non-hydrogen) atoms. The minimum atomic E-state index is -0.101. The molecule has 0 aliphatic rings. The number of nitrogens with two attached hydrogens (primary N) is 1. The summed E-state index contributed by atoms with van der Waals surface area (Å²) in [5.74, 6) is 1.14. The van der Waals surface area contributed by atoms with E-state index in [0.717, 1.165) is 24.2 Å². The van der Waals surface area contributed by atoms with Gasteiger partial charge in [0.25, 0.3) is 0 Å². The standard InChI is InChI=1S/C15H24N6O2/c1-4-5-11(8-22)18-14-13(7-17-15(16)19-14)23-9-12-6-10(2)20-21(12)3/h6-7,11,22H,4-5,8-9H2,1-3H3,(H3,16,17,18,19). The van der Waals surface area contributed by atoms with Crippen LogP contribution < -0.4 is 15.8 Å². The van der Waals surface area contributed by atoms with Gasteiger partial charge in [-0.1, -0.05) is 13.3 Å². The largest absolute Gasteiger partial charge is 0.482 e. The van der Waals surface area contributed by atoms with Gasteiger partial charge in [0, 0.05) is 7.05 Å². The molecule has 0 aliphatic heterocycles. The first-order valence-corrected chi connectivity index (χ1v) is 7.65. The summed E-state index contributed by atoms with van der Waals surface area (Å²) in [4.78, 5) is 8.16. The summed E-state index contributed by atoms with van der Waals surface area (Å²) in [5.41, 5.74) is 7.53. The van der Waals surface area contributed by atoms with E-state index in [0.29, 0.717) is 18.2 Å². The molecule has 0 saturated carbocycles. The lowest BCUT2D eigenvalue weighted by atomic mass is 10.2. The van der Waals surface area contributed by atoms with Crippen molar-refractivity contribution in [2.75, 3.05) is 17.7 Å². The molecule has 1 atom stereocenters. The van der Waals surface area contributed by atoms with Gasteiger partial charge in [-0.2, -0.15) is 10.1 Å². The van der Waals surface area contributed by atoms with Gasteiger partial charge in [-0.05, 0) is 19.4 Å². The average molecular weight is 320 g/mol. The van der Waals surface area contributed by atoms with E-state index in [9.17, 15) is 5.11 Å². The van der Waals surface area contributed by atoms with Crippen LogP contribution in [0.25, 0.3) is 0 Å². The monoisotopic (exact) mass is 320 g/mol. The normalized spacial score (nSPS) is 12.2. The molecule has 0 radical (unpaired) electrons. The fourth-order valence-corrected chi connectivity index (χ4v) is 2.30. The molecule has 8 nitrogen and oxygen atoms in total. The number of anilines is 2. The number of ether oxygens (including phenoxy) is 1. The van der Waals surface area contributed by atoms with Crippen molar-refractivity contribution in [2.24, 2.45) is 7.05 Å². The molecule has 1 unspecified atom stereocenters. The molecular formula is C15H24N6O2. The van der Waals surface area contributed by atoms with Crippen molar-refractivity contribution >= 4 is 11.8 Å². The zero-order valence-electron chi connectivity index (χ0n) is 13.8. The number of nitrogens with zero attached hydrogens (tertiary/aromatic N) is 4. The SMILES string of the molecule is CCCC(CO)Nc1nc(N)ncc1OCc1cc(C)nn1C. The Morgan fingerprint density at radius 1 is 1.48 bits per heavy atom. The minimum Gasteiger partial charge on any atom is -0.482 e. The summed E-state index contributed by atoms with van der Waals surface area (Å²) in [5, 5.41) is 16.9. The van der Waals surface area contributed by atoms with Crippen molar-refractivity contribution in [3.05, 3.63) is 23.7 Å². The lowest BCUT2D eigenvalue weighted by molar-refractivity contribution is 0.266. The zero-order valence-corrected chi connectivity index (χ0v) is 13.8. The zero-order chi connectivity index (χ0) is 16.8. The number of aryl methyl sites for hydroxylation is 2. The van der Waals surface area contributed by atoms with Crippen LogP contribution in [0.2, 0.25) is 0 Å². The van der Waals surface area contributed by atoms with Crippen molar-refractivity contribution in [1.29, 1.82) is 0 Å². The molecule has 2 rings (SSSR count). The Hall–Kier alpha value is -2.35. The second-order valence-electron chi connectivity index (χ2n) is 5.44. The fourth-order valence-electron chi connectivity index (χ4n) is 2.30. The highest BCUT2D eigenvalue weighted by molar-refractivity contribution is 5.51. The van der Waals surface area contributed by atoms with Gasteiger partial charge in [-0.25, -0.2) is 4.98 Å². The van der Waals surface area contributed by atoms with Gasteiger partial charge in [0.1, 0.15) is 6.61 Å². The highest BCUT2D eigenvalue weighted by Gasteiger charge is 2.13. The van der Waals surface area contributed by atoms with Gasteiger partial charge in [-0.3, -0.25) is 4.68 Å². The van der Waals surface area contributed by atoms with E-state index >= 15 is 0 Å². The Balaban J connectivity index is 2.13. The fraction of sp³-hybridized carbons (Fsp3) is 0.533. The summed E-state index contributed by atoms with van der Waals surface area (Å²) >= 11 is 0. The lowest BCUT2D eigenvalue weighted by Gasteiger charge is -2.18. The minimum absolute atomic E-state index is 0.0120. The Labute approximate surface area is 135 Å². The molecular weight excluding hydrogens is 296 g/mol. The second kappa shape index (κ2) is 7.77. The van der Waals surface area contributed by atoms with Gasteiger partial charge in [0.2, 0.25) is 5.95 Å². The van der Waals surface area contributed by atoms with Crippen LogP contribution >= 0.6 is 0 Å². The van der Waals surface area contributed by atoms with Crippen LogP contribution in [0.1, 0.15) is 31.2 Å². The molecule has 2 aromatic heterocycles. The van der Waals surface area contributed by atoms with Crippen molar-refractivity contribution in [3.8, 4) is 5.75 Å². The highest BCUT2D eigenvalue weighted by Crippen LogP contribution is 2.24. The summed E-state index contributed by atoms with van der Waals surface area (Å²) in [6.07, 6.45) is 3.30. The summed E-state index contributed by atoms with van der Waals surface area (Å²) in [6, 6.07) is 1.86. The molecule has 2 aromatic rings. The Morgan fingerprint density at radius 2 is 2.26 bits per heavy atom. The van der Waals surface area contributed by atoms with Gasteiger partial charge in [0.05, 0.1) is 30.2 Å². The first kappa shape index (κ1) is 17.0. The maximum atomic E-state index is 9.44. The molecule has 0 spiro atoms. The van der Waals surface area contributed by atoms with E-state index in [2.05, 4.69) is 27.3 Å². The molecule has 8 heteroatoms. The van der Waals surface area contributed by atoms with E-state index < -0.39 is 0 Å². The number of nitrogens with one attached hydrogen (secondary N) is 1. The van der Waals surface area contributed by atoms with Crippen LogP contribution in [0, 0.1) is 6.92 Å². The third-order valence-corrected chi connectivity index (χ3v) is 3.45. The average Bonchev–Trinajstić information content (AvgIpc) is 2.83. The maximum absolute atomic E-state index is 9.44. The third-order valence-electron chi connectivity index (χ3n) is 3.45. The van der Waals surface area contributed by atoms with E-state index in [4.69, 9.17) is 10.5 Å². The Bertz CT molecular complexity index is 643. The first-order valence-electron chi connectivity index (χ1n) is 7.65. The van der Waals surface area contributed by atoms with Crippen molar-refractivity contribution in [3.63, 3.8) is 0 Å². The van der Waals surface area contributed by atoms with Gasteiger partial charge < -0.3 is 20.9 Å². The molecule has 0 aromatic carbocycles. The van der Waals surface area contributed by atoms with E-state index in [1.807, 2.05) is 20.0 Å². The van der Waals surface area contributed by atoms with E-state index in [1.54, 1.807) is 4.68 Å². The van der Waals surface area contributed by atoms with Crippen molar-refractivity contribution in [2.45, 2.75) is 39.3 Å². The maximum Gasteiger partial charge on any atom is 0.222 e. The number of nitrogen functional groups attached to an aromatic ring is 1. The molecule has 0 fully saturated rings. The van der Waals surface area contributed by atoms with E-state index in [1.165, 1.54) is 6.20 Å². The van der Waals surface area contributed by atoms with Crippen molar-refractivity contribution in [1.82, 2.24) is 19.7 Å². The van der Waals surface area contributed by atoms with Crippen LogP contribution in [-0.4, -0.2) is 37.5 Å². The summed E-state index contributed by atoms with van der Waals surface area (Å²) < 4.78 is 7.58. The Morgan fingerprint density at radius 3 is 2.87 bits per heavy atom. The molecule has 0 bridgehead atoms. The molecule has 0 amide bonds. The van der Waals surface area contributed by atoms with Crippen molar-refractivity contribution < 1.29 is 9.84 Å². The van der Waals surface area contributed by atoms with Gasteiger partial charge in [0.15, 0.2) is 11.6 Å². The Kier molecular flexibility index (Phi) is 5.75. The molecule has 4 N–H and O–H groups in total. The van der Waals surface area contributed by atoms with Crippen LogP contribution in [0.3, 0.4) is 0 Å². The number of aliphatic hydroxyl groups excluding tert-OH is 1. The number of aromatic nitrogens is 4. The number of rotatable bonds is 8. The van der Waals surface area contributed by atoms with Gasteiger partial charge in [-0.15, -0.1) is 0 Å². The predicted octanol–water partition coefficient (Wildman–Crippen LogP) is 1.25. The second-order valence-corrected chi connectivity index (χ2v) is 5.44.